The van der Waals surface area contributed by atoms with Crippen molar-refractivity contribution in [1.82, 2.24) is 0 Å². The summed E-state index contributed by atoms with van der Waals surface area (Å²) in [6, 6.07) is 22.0. The van der Waals surface area contributed by atoms with Gasteiger partial charge in [0.1, 0.15) is 5.75 Å². The number of fused-ring (bicyclic) bond motifs is 1. The number of nitrogens with one attached hydrogen (secondary N) is 2. The highest BCUT2D eigenvalue weighted by molar-refractivity contribution is 6.03. The third-order valence-electron chi connectivity index (χ3n) is 5.10. The van der Waals surface area contributed by atoms with Crippen molar-refractivity contribution in [3.63, 3.8) is 0 Å². The minimum absolute atomic E-state index is 0.137. The first-order chi connectivity index (χ1) is 15.0. The van der Waals surface area contributed by atoms with Gasteiger partial charge in [-0.2, -0.15) is 0 Å². The fourth-order valence-corrected chi connectivity index (χ4v) is 3.32. The maximum atomic E-state index is 12.8. The molecule has 0 aliphatic carbocycles. The van der Waals surface area contributed by atoms with Gasteiger partial charge in [-0.1, -0.05) is 30.3 Å². The first-order valence-electron chi connectivity index (χ1n) is 9.87. The normalized spacial score (nSPS) is 11.7. The molecule has 0 saturated heterocycles. The molecule has 156 valence electrons. The number of hydrogen-bond acceptors (Lipinski definition) is 4. The van der Waals surface area contributed by atoms with Gasteiger partial charge in [0.25, 0.3) is 5.91 Å². The van der Waals surface area contributed by atoms with E-state index >= 15 is 0 Å². The maximum absolute atomic E-state index is 12.8. The predicted octanol–water partition coefficient (Wildman–Crippen LogP) is 5.44. The Hall–Kier alpha value is -4.06. The van der Waals surface area contributed by atoms with Crippen molar-refractivity contribution in [2.75, 3.05) is 17.7 Å². The van der Waals surface area contributed by atoms with Gasteiger partial charge in [-0.3, -0.25) is 9.59 Å². The molecule has 4 rings (SSSR count). The molecule has 0 saturated carbocycles. The summed E-state index contributed by atoms with van der Waals surface area (Å²) in [5.74, 6) is 0.173. The molecule has 3 aromatic carbocycles. The highest BCUT2D eigenvalue weighted by atomic mass is 16.5. The van der Waals surface area contributed by atoms with Crippen LogP contribution in [0.4, 0.5) is 11.4 Å². The summed E-state index contributed by atoms with van der Waals surface area (Å²) in [6.45, 7) is 1.86. The first-order valence-corrected chi connectivity index (χ1v) is 9.87. The van der Waals surface area contributed by atoms with Crippen LogP contribution in [0.5, 0.6) is 5.75 Å². The Balaban J connectivity index is 1.46. The van der Waals surface area contributed by atoms with Gasteiger partial charge in [-0.25, -0.2) is 0 Å². The third-order valence-corrected chi connectivity index (χ3v) is 5.10. The van der Waals surface area contributed by atoms with Gasteiger partial charge >= 0.3 is 0 Å². The molecule has 0 bridgehead atoms. The summed E-state index contributed by atoms with van der Waals surface area (Å²) >= 11 is 0. The van der Waals surface area contributed by atoms with E-state index in [2.05, 4.69) is 10.6 Å². The van der Waals surface area contributed by atoms with Gasteiger partial charge in [0.2, 0.25) is 5.91 Å². The van der Waals surface area contributed by atoms with E-state index in [1.165, 1.54) is 6.26 Å². The van der Waals surface area contributed by atoms with Crippen molar-refractivity contribution in [3.8, 4) is 5.75 Å². The SMILES string of the molecule is COc1ccc2cc([C@H](C)C(=O)Nc3cccc(NC(=O)c4ccco4)c3)ccc2c1. The topological polar surface area (TPSA) is 80.6 Å². The van der Waals surface area contributed by atoms with E-state index in [1.54, 1.807) is 43.5 Å². The highest BCUT2D eigenvalue weighted by Crippen LogP contribution is 2.26. The molecular weight excluding hydrogens is 392 g/mol. The summed E-state index contributed by atoms with van der Waals surface area (Å²) < 4.78 is 10.4. The number of ether oxygens (including phenoxy) is 1. The number of benzene rings is 3. The number of anilines is 2. The van der Waals surface area contributed by atoms with Crippen LogP contribution in [0.1, 0.15) is 29.0 Å². The van der Waals surface area contributed by atoms with Crippen LogP contribution in [0.3, 0.4) is 0 Å². The lowest BCUT2D eigenvalue weighted by Crippen LogP contribution is -2.19. The number of rotatable bonds is 6. The van der Waals surface area contributed by atoms with Crippen molar-refractivity contribution in [2.24, 2.45) is 0 Å². The van der Waals surface area contributed by atoms with E-state index in [0.29, 0.717) is 11.4 Å². The molecule has 0 spiro atoms. The van der Waals surface area contributed by atoms with Crippen molar-refractivity contribution < 1.29 is 18.7 Å². The van der Waals surface area contributed by atoms with E-state index in [1.807, 2.05) is 43.3 Å². The van der Waals surface area contributed by atoms with Gasteiger partial charge < -0.3 is 19.8 Å². The number of amides is 2. The average molecular weight is 414 g/mol. The summed E-state index contributed by atoms with van der Waals surface area (Å²) in [7, 11) is 1.64. The molecule has 0 aliphatic rings. The van der Waals surface area contributed by atoms with E-state index < -0.39 is 0 Å². The minimum atomic E-state index is -0.354. The summed E-state index contributed by atoms with van der Waals surface area (Å²) in [4.78, 5) is 25.0. The lowest BCUT2D eigenvalue weighted by Gasteiger charge is -2.14. The molecule has 0 unspecified atom stereocenters. The Morgan fingerprint density at radius 1 is 0.871 bits per heavy atom. The summed E-state index contributed by atoms with van der Waals surface area (Å²) in [5.41, 5.74) is 2.07. The second-order valence-electron chi connectivity index (χ2n) is 7.20. The third kappa shape index (κ3) is 4.59. The highest BCUT2D eigenvalue weighted by Gasteiger charge is 2.16. The largest absolute Gasteiger partial charge is 0.497 e. The van der Waals surface area contributed by atoms with Crippen LogP contribution in [0, 0.1) is 0 Å². The molecule has 2 amide bonds. The molecule has 0 fully saturated rings. The zero-order valence-electron chi connectivity index (χ0n) is 17.2. The Bertz CT molecular complexity index is 1230. The van der Waals surface area contributed by atoms with Gasteiger partial charge in [0.15, 0.2) is 5.76 Å². The minimum Gasteiger partial charge on any atom is -0.497 e. The van der Waals surface area contributed by atoms with Gasteiger partial charge in [0.05, 0.1) is 19.3 Å². The Morgan fingerprint density at radius 3 is 2.35 bits per heavy atom. The summed E-state index contributed by atoms with van der Waals surface area (Å²) in [6.07, 6.45) is 1.44. The fourth-order valence-electron chi connectivity index (χ4n) is 3.32. The van der Waals surface area contributed by atoms with Gasteiger partial charge in [0, 0.05) is 11.4 Å². The van der Waals surface area contributed by atoms with Crippen LogP contribution in [0.25, 0.3) is 10.8 Å². The van der Waals surface area contributed by atoms with Crippen molar-refractivity contribution in [2.45, 2.75) is 12.8 Å². The second kappa shape index (κ2) is 8.75. The van der Waals surface area contributed by atoms with Crippen molar-refractivity contribution >= 4 is 34.0 Å². The Labute approximate surface area is 179 Å². The molecule has 2 N–H and O–H groups in total. The van der Waals surface area contributed by atoms with Gasteiger partial charge in [-0.05, 0) is 65.7 Å². The van der Waals surface area contributed by atoms with E-state index in [-0.39, 0.29) is 23.5 Å². The maximum Gasteiger partial charge on any atom is 0.291 e. The van der Waals surface area contributed by atoms with E-state index in [9.17, 15) is 9.59 Å². The zero-order valence-corrected chi connectivity index (χ0v) is 17.2. The molecule has 0 radical (unpaired) electrons. The number of carbonyl (C=O) groups excluding carboxylic acids is 2. The molecule has 1 atom stereocenters. The van der Waals surface area contributed by atoms with Crippen LogP contribution in [0.15, 0.2) is 83.5 Å². The van der Waals surface area contributed by atoms with Crippen LogP contribution < -0.4 is 15.4 Å². The number of furan rings is 1. The lowest BCUT2D eigenvalue weighted by molar-refractivity contribution is -0.117. The lowest BCUT2D eigenvalue weighted by atomic mass is 9.97. The number of methoxy groups -OCH3 is 1. The first kappa shape index (κ1) is 20.2. The molecule has 6 nitrogen and oxygen atoms in total. The van der Waals surface area contributed by atoms with E-state index in [0.717, 1.165) is 22.1 Å². The summed E-state index contributed by atoms with van der Waals surface area (Å²) in [5, 5.41) is 7.77. The molecule has 0 aliphatic heterocycles. The smallest absolute Gasteiger partial charge is 0.291 e. The quantitative estimate of drug-likeness (QED) is 0.440. The van der Waals surface area contributed by atoms with Crippen molar-refractivity contribution in [1.29, 1.82) is 0 Å². The van der Waals surface area contributed by atoms with Crippen LogP contribution in [-0.4, -0.2) is 18.9 Å². The van der Waals surface area contributed by atoms with Crippen LogP contribution in [-0.2, 0) is 4.79 Å². The number of carbonyl (C=O) groups is 2. The molecule has 1 aromatic heterocycles. The fraction of sp³-hybridized carbons (Fsp3) is 0.120. The molecule has 31 heavy (non-hydrogen) atoms. The van der Waals surface area contributed by atoms with Gasteiger partial charge in [-0.15, -0.1) is 0 Å². The standard InChI is InChI=1S/C25H22N2O4/c1-16(17-8-9-19-14-22(30-2)11-10-18(19)13-17)24(28)26-20-5-3-6-21(15-20)27-25(29)23-7-4-12-31-23/h3-16H,1-2H3,(H,26,28)(H,27,29)/t16-/m0/s1. The van der Waals surface area contributed by atoms with Crippen molar-refractivity contribution in [3.05, 3.63) is 90.4 Å². The second-order valence-corrected chi connectivity index (χ2v) is 7.20. The molecular formula is C25H22N2O4. The zero-order chi connectivity index (χ0) is 21.8. The Kier molecular flexibility index (Phi) is 5.71. The number of hydrogen-bond donors (Lipinski definition) is 2. The molecule has 1 heterocycles. The van der Waals surface area contributed by atoms with E-state index in [4.69, 9.17) is 9.15 Å². The van der Waals surface area contributed by atoms with Crippen LogP contribution >= 0.6 is 0 Å². The molecule has 6 heteroatoms. The monoisotopic (exact) mass is 414 g/mol. The molecule has 4 aromatic rings. The average Bonchev–Trinajstić information content (AvgIpc) is 3.33. The predicted molar refractivity (Wildman–Crippen MR) is 121 cm³/mol. The Morgan fingerprint density at radius 2 is 1.61 bits per heavy atom. The van der Waals surface area contributed by atoms with Crippen LogP contribution in [0.2, 0.25) is 0 Å².